The van der Waals surface area contributed by atoms with Crippen LogP contribution >= 0.6 is 15.9 Å². The fourth-order valence-corrected chi connectivity index (χ4v) is 2.98. The van der Waals surface area contributed by atoms with Gasteiger partial charge >= 0.3 is 0 Å². The zero-order valence-electron chi connectivity index (χ0n) is 11.8. The molecule has 0 aliphatic carbocycles. The lowest BCUT2D eigenvalue weighted by molar-refractivity contribution is 0.0642. The highest BCUT2D eigenvalue weighted by Gasteiger charge is 2.29. The molecule has 0 aromatic heterocycles. The number of hydrogen-bond acceptors (Lipinski definition) is 3. The molecule has 4 heteroatoms. The van der Waals surface area contributed by atoms with Crippen LogP contribution in [0.3, 0.4) is 0 Å². The maximum atomic E-state index is 10.4. The fraction of sp³-hybridized carbons (Fsp3) is 0.294. The number of aliphatic hydroxyl groups excluding tert-OH is 1. The first-order valence-corrected chi connectivity index (χ1v) is 7.84. The summed E-state index contributed by atoms with van der Waals surface area (Å²) in [5, 5.41) is 10.4. The van der Waals surface area contributed by atoms with Gasteiger partial charge in [-0.15, -0.1) is 0 Å². The normalized spacial score (nSPS) is 20.5. The monoisotopic (exact) mass is 348 g/mol. The van der Waals surface area contributed by atoms with Gasteiger partial charge in [-0.25, -0.2) is 0 Å². The fourth-order valence-electron chi connectivity index (χ4n) is 2.64. The first-order valence-electron chi connectivity index (χ1n) is 7.05. The summed E-state index contributed by atoms with van der Waals surface area (Å²) < 4.78 is 12.7. The number of benzene rings is 2. The van der Waals surface area contributed by atoms with E-state index < -0.39 is 6.10 Å². The van der Waals surface area contributed by atoms with Crippen LogP contribution in [0, 0.1) is 0 Å². The van der Waals surface area contributed by atoms with E-state index in [0.29, 0.717) is 13.0 Å². The summed E-state index contributed by atoms with van der Waals surface area (Å²) >= 11 is 3.44. The van der Waals surface area contributed by atoms with Crippen LogP contribution in [0.5, 0.6) is 11.5 Å². The van der Waals surface area contributed by atoms with Crippen molar-refractivity contribution < 1.29 is 14.6 Å². The van der Waals surface area contributed by atoms with E-state index in [2.05, 4.69) is 15.9 Å². The lowest BCUT2D eigenvalue weighted by Crippen LogP contribution is -2.19. The van der Waals surface area contributed by atoms with Crippen molar-refractivity contribution in [2.45, 2.75) is 25.6 Å². The standard InChI is InChI=1S/C17H17BrO3/c1-2-20-15-6-4-3-5-13(15)17-10-14(19)12-8-7-11(18)9-16(12)21-17/h3-9,14,17,19H,2,10H2,1H3/t14-,17?/m1/s1. The van der Waals surface area contributed by atoms with E-state index in [4.69, 9.17) is 9.47 Å². The van der Waals surface area contributed by atoms with E-state index in [1.807, 2.05) is 49.4 Å². The second-order valence-corrected chi connectivity index (χ2v) is 5.93. The molecule has 0 radical (unpaired) electrons. The molecule has 3 rings (SSSR count). The molecule has 2 aromatic rings. The Hall–Kier alpha value is -1.52. The summed E-state index contributed by atoms with van der Waals surface area (Å²) in [7, 11) is 0. The van der Waals surface area contributed by atoms with Crippen LogP contribution in [0.4, 0.5) is 0 Å². The van der Waals surface area contributed by atoms with Gasteiger partial charge in [-0.3, -0.25) is 0 Å². The van der Waals surface area contributed by atoms with Crippen molar-refractivity contribution in [3.05, 3.63) is 58.1 Å². The maximum Gasteiger partial charge on any atom is 0.130 e. The van der Waals surface area contributed by atoms with E-state index in [1.54, 1.807) is 0 Å². The van der Waals surface area contributed by atoms with Crippen LogP contribution in [0.15, 0.2) is 46.9 Å². The molecule has 2 atom stereocenters. The molecule has 0 saturated heterocycles. The summed E-state index contributed by atoms with van der Waals surface area (Å²) in [5.41, 5.74) is 1.81. The Kier molecular flexibility index (Phi) is 4.17. The number of aliphatic hydroxyl groups is 1. The Bertz CT molecular complexity index is 642. The molecule has 0 bridgehead atoms. The second-order valence-electron chi connectivity index (χ2n) is 5.01. The molecule has 1 aliphatic rings. The third-order valence-electron chi connectivity index (χ3n) is 3.61. The Morgan fingerprint density at radius 3 is 2.86 bits per heavy atom. The minimum Gasteiger partial charge on any atom is -0.493 e. The molecule has 1 N–H and O–H groups in total. The van der Waals surface area contributed by atoms with Crippen LogP contribution in [-0.4, -0.2) is 11.7 Å². The molecule has 21 heavy (non-hydrogen) atoms. The van der Waals surface area contributed by atoms with Gasteiger partial charge in [-0.2, -0.15) is 0 Å². The summed E-state index contributed by atoms with van der Waals surface area (Å²) in [6, 6.07) is 13.5. The Morgan fingerprint density at radius 1 is 1.24 bits per heavy atom. The van der Waals surface area contributed by atoms with Gasteiger partial charge in [-0.1, -0.05) is 40.2 Å². The molecule has 1 heterocycles. The number of hydrogen-bond donors (Lipinski definition) is 1. The van der Waals surface area contributed by atoms with Crippen LogP contribution in [0.2, 0.25) is 0 Å². The second kappa shape index (κ2) is 6.08. The Balaban J connectivity index is 1.95. The van der Waals surface area contributed by atoms with Crippen molar-refractivity contribution >= 4 is 15.9 Å². The van der Waals surface area contributed by atoms with Crippen LogP contribution in [-0.2, 0) is 0 Å². The average molecular weight is 349 g/mol. The SMILES string of the molecule is CCOc1ccccc1C1C[C@@H](O)c2ccc(Br)cc2O1. The van der Waals surface area contributed by atoms with Crippen LogP contribution < -0.4 is 9.47 Å². The Morgan fingerprint density at radius 2 is 2.05 bits per heavy atom. The topological polar surface area (TPSA) is 38.7 Å². The number of halogens is 1. The highest BCUT2D eigenvalue weighted by molar-refractivity contribution is 9.10. The molecule has 0 fully saturated rings. The van der Waals surface area contributed by atoms with E-state index in [-0.39, 0.29) is 6.10 Å². The summed E-state index contributed by atoms with van der Waals surface area (Å²) in [6.07, 6.45) is -0.204. The quantitative estimate of drug-likeness (QED) is 0.892. The summed E-state index contributed by atoms with van der Waals surface area (Å²) in [4.78, 5) is 0. The lowest BCUT2D eigenvalue weighted by Gasteiger charge is -2.30. The van der Waals surface area contributed by atoms with Crippen LogP contribution in [0.1, 0.15) is 36.7 Å². The summed E-state index contributed by atoms with van der Waals surface area (Å²) in [6.45, 7) is 2.56. The highest BCUT2D eigenvalue weighted by atomic mass is 79.9. The zero-order chi connectivity index (χ0) is 14.8. The molecule has 0 spiro atoms. The van der Waals surface area contributed by atoms with Gasteiger partial charge in [0, 0.05) is 22.0 Å². The zero-order valence-corrected chi connectivity index (χ0v) is 13.3. The van der Waals surface area contributed by atoms with E-state index in [1.165, 1.54) is 0 Å². The Labute approximate surface area is 132 Å². The third-order valence-corrected chi connectivity index (χ3v) is 4.10. The van der Waals surface area contributed by atoms with Crippen molar-refractivity contribution in [3.63, 3.8) is 0 Å². The first kappa shape index (κ1) is 14.4. The van der Waals surface area contributed by atoms with Crippen molar-refractivity contribution in [2.75, 3.05) is 6.61 Å². The molecule has 3 nitrogen and oxygen atoms in total. The van der Waals surface area contributed by atoms with E-state index >= 15 is 0 Å². The number of ether oxygens (including phenoxy) is 2. The van der Waals surface area contributed by atoms with Crippen molar-refractivity contribution in [1.82, 2.24) is 0 Å². The average Bonchev–Trinajstić information content (AvgIpc) is 2.47. The van der Waals surface area contributed by atoms with Crippen molar-refractivity contribution in [1.29, 1.82) is 0 Å². The minimum absolute atomic E-state index is 0.204. The first-order chi connectivity index (χ1) is 10.2. The van der Waals surface area contributed by atoms with E-state index in [0.717, 1.165) is 27.1 Å². The van der Waals surface area contributed by atoms with Crippen molar-refractivity contribution in [3.8, 4) is 11.5 Å². The third kappa shape index (κ3) is 2.92. The van der Waals surface area contributed by atoms with Gasteiger partial charge in [0.2, 0.25) is 0 Å². The predicted molar refractivity (Wildman–Crippen MR) is 84.7 cm³/mol. The van der Waals surface area contributed by atoms with Gasteiger partial charge in [0.25, 0.3) is 0 Å². The summed E-state index contributed by atoms with van der Waals surface area (Å²) in [5.74, 6) is 1.54. The van der Waals surface area contributed by atoms with Gasteiger partial charge in [-0.05, 0) is 25.1 Å². The molecule has 0 saturated carbocycles. The molecule has 110 valence electrons. The van der Waals surface area contributed by atoms with Gasteiger partial charge < -0.3 is 14.6 Å². The lowest BCUT2D eigenvalue weighted by atomic mass is 9.94. The van der Waals surface area contributed by atoms with Crippen molar-refractivity contribution in [2.24, 2.45) is 0 Å². The smallest absolute Gasteiger partial charge is 0.130 e. The van der Waals surface area contributed by atoms with E-state index in [9.17, 15) is 5.11 Å². The largest absolute Gasteiger partial charge is 0.493 e. The van der Waals surface area contributed by atoms with Gasteiger partial charge in [0.15, 0.2) is 0 Å². The van der Waals surface area contributed by atoms with Gasteiger partial charge in [0.05, 0.1) is 12.7 Å². The highest BCUT2D eigenvalue weighted by Crippen LogP contribution is 2.43. The minimum atomic E-state index is -0.526. The molecule has 1 aliphatic heterocycles. The molecule has 1 unspecified atom stereocenters. The molecular weight excluding hydrogens is 332 g/mol. The van der Waals surface area contributed by atoms with Crippen LogP contribution in [0.25, 0.3) is 0 Å². The maximum absolute atomic E-state index is 10.4. The number of rotatable bonds is 3. The predicted octanol–water partition coefficient (Wildman–Crippen LogP) is 4.41. The van der Waals surface area contributed by atoms with Gasteiger partial charge in [0.1, 0.15) is 17.6 Å². The molecular formula is C17H17BrO3. The number of fused-ring (bicyclic) bond motifs is 1. The molecule has 2 aromatic carbocycles. The number of para-hydroxylation sites is 1. The molecule has 0 amide bonds.